The second-order valence-corrected chi connectivity index (χ2v) is 64.4. The molecule has 0 N–H and O–H groups in total. The van der Waals surface area contributed by atoms with Gasteiger partial charge >= 0.3 is 0 Å². The standard InChI is InChI=1S/C5H12I4S/c1-5(2,3)4-10(6,7,8)9/h10H,4H2,1-3H3. The monoisotopic (exact) mass is 612 g/mol. The van der Waals surface area contributed by atoms with Crippen LogP contribution in [0.3, 0.4) is 0 Å². The van der Waals surface area contributed by atoms with E-state index in [-0.39, 0.29) is 0 Å². The molecular formula is C5H12I4S. The van der Waals surface area contributed by atoms with Crippen molar-refractivity contribution in [1.29, 1.82) is 0 Å². The molecule has 0 amide bonds. The van der Waals surface area contributed by atoms with Crippen molar-refractivity contribution in [3.8, 4) is 0 Å². The zero-order valence-electron chi connectivity index (χ0n) is 6.17. The first-order chi connectivity index (χ1) is 3.96. The minimum absolute atomic E-state index is 0.475. The van der Waals surface area contributed by atoms with Gasteiger partial charge in [-0.05, 0) is 96.0 Å². The fourth-order valence-electron chi connectivity index (χ4n) is 0.717. The van der Waals surface area contributed by atoms with Gasteiger partial charge < -0.3 is 0 Å². The van der Waals surface area contributed by atoms with Crippen LogP contribution in [-0.2, 0) is 0 Å². The molecule has 0 aromatic carbocycles. The number of hydrogen-bond donors (Lipinski definition) is 1. The Morgan fingerprint density at radius 1 is 1.00 bits per heavy atom. The zero-order valence-corrected chi connectivity index (χ0v) is 15.7. The number of hydrogen-bond acceptors (Lipinski definition) is 0. The summed E-state index contributed by atoms with van der Waals surface area (Å²) in [4.78, 5) is 0. The minimum atomic E-state index is -1.37. The van der Waals surface area contributed by atoms with Crippen LogP contribution in [0.5, 0.6) is 0 Å². The lowest BCUT2D eigenvalue weighted by molar-refractivity contribution is 0.481. The first-order valence-corrected chi connectivity index (χ1v) is 16.4. The summed E-state index contributed by atoms with van der Waals surface area (Å²) in [5, 5.41) is 0. The van der Waals surface area contributed by atoms with Crippen molar-refractivity contribution in [1.82, 2.24) is 0 Å². The number of rotatable bonds is 1. The summed E-state index contributed by atoms with van der Waals surface area (Å²) in [6.07, 6.45) is 0. The van der Waals surface area contributed by atoms with Gasteiger partial charge in [0.1, 0.15) is 0 Å². The molecule has 0 heterocycles. The molecule has 0 bridgehead atoms. The Morgan fingerprint density at radius 2 is 1.30 bits per heavy atom. The predicted octanol–water partition coefficient (Wildman–Crippen LogP) is 5.51. The first-order valence-electron chi connectivity index (χ1n) is 2.85. The average Bonchev–Trinajstić information content (AvgIpc) is 1.09. The van der Waals surface area contributed by atoms with Crippen LogP contribution >= 0.6 is 82.7 Å². The summed E-state index contributed by atoms with van der Waals surface area (Å²) in [6, 6.07) is 0. The second kappa shape index (κ2) is 3.79. The zero-order chi connectivity index (χ0) is 8.65. The summed E-state index contributed by atoms with van der Waals surface area (Å²) >= 11 is 10.5. The molecule has 0 spiro atoms. The molecule has 0 saturated carbocycles. The fraction of sp³-hybridized carbons (Fsp3) is 1.00. The summed E-state index contributed by atoms with van der Waals surface area (Å²) in [7, 11) is 0. The van der Waals surface area contributed by atoms with E-state index in [9.17, 15) is 0 Å². The quantitative estimate of drug-likeness (QED) is 0.294. The van der Waals surface area contributed by atoms with E-state index in [0.717, 1.165) is 0 Å². The third-order valence-electron chi connectivity index (χ3n) is 0.713. The van der Waals surface area contributed by atoms with E-state index in [1.165, 1.54) is 5.75 Å². The van der Waals surface area contributed by atoms with Crippen LogP contribution in [-0.4, -0.2) is 5.75 Å². The lowest BCUT2D eigenvalue weighted by Crippen LogP contribution is -2.13. The highest BCUT2D eigenvalue weighted by atomic mass is 127. The minimum Gasteiger partial charge on any atom is -0.116 e. The van der Waals surface area contributed by atoms with Crippen LogP contribution in [0.25, 0.3) is 0 Å². The average molecular weight is 612 g/mol. The maximum Gasteiger partial charge on any atom is -0.00196 e. The van der Waals surface area contributed by atoms with E-state index < -0.39 is -2.15 Å². The largest absolute Gasteiger partial charge is 0.116 e. The Balaban J connectivity index is 4.18. The van der Waals surface area contributed by atoms with Gasteiger partial charge in [0.15, 0.2) is 0 Å². The first kappa shape index (κ1) is 13.3. The lowest BCUT2D eigenvalue weighted by Gasteiger charge is -2.42. The summed E-state index contributed by atoms with van der Waals surface area (Å²) < 4.78 is -1.37. The number of halogens is 4. The SMILES string of the molecule is CC(C)(C)C[SH](I)(I)(I)I. The molecule has 0 atom stereocenters. The normalized spacial score (nSPS) is 18.1. The summed E-state index contributed by atoms with van der Waals surface area (Å²) in [6.45, 7) is 6.93. The molecular weight excluding hydrogens is 600 g/mol. The van der Waals surface area contributed by atoms with Gasteiger partial charge in [0.05, 0.1) is 0 Å². The van der Waals surface area contributed by atoms with E-state index in [2.05, 4.69) is 106 Å². The van der Waals surface area contributed by atoms with Crippen molar-refractivity contribution < 1.29 is 0 Å². The lowest BCUT2D eigenvalue weighted by atomic mass is 10.0. The third kappa shape index (κ3) is 11.3. The molecule has 0 radical (unpaired) electrons. The Kier molecular flexibility index (Phi) is 5.03. The molecule has 0 aliphatic carbocycles. The summed E-state index contributed by atoms with van der Waals surface area (Å²) in [5.74, 6) is 1.33. The maximum atomic E-state index is 2.63. The van der Waals surface area contributed by atoms with E-state index in [1.54, 1.807) is 0 Å². The predicted molar refractivity (Wildman–Crippen MR) is 89.4 cm³/mol. The van der Waals surface area contributed by atoms with Crippen LogP contribution < -0.4 is 0 Å². The molecule has 0 saturated heterocycles. The van der Waals surface area contributed by atoms with Crippen LogP contribution in [0, 0.1) is 5.41 Å². The number of thiol groups is 1. The van der Waals surface area contributed by atoms with Crippen LogP contribution in [0.2, 0.25) is 0 Å². The molecule has 5 heteroatoms. The van der Waals surface area contributed by atoms with Gasteiger partial charge in [0.25, 0.3) is 0 Å². The highest BCUT2D eigenvalue weighted by Gasteiger charge is 2.32. The second-order valence-electron chi connectivity index (χ2n) is 3.58. The van der Waals surface area contributed by atoms with Gasteiger partial charge in [-0.15, -0.1) is -2.15 Å². The van der Waals surface area contributed by atoms with Gasteiger partial charge in [-0.25, -0.2) is 0 Å². The van der Waals surface area contributed by atoms with Gasteiger partial charge in [-0.1, -0.05) is 20.8 Å². The fourth-order valence-corrected chi connectivity index (χ4v) is 14.4. The molecule has 0 aromatic heterocycles. The molecule has 0 aliphatic rings. The maximum absolute atomic E-state index is 2.63. The van der Waals surface area contributed by atoms with Gasteiger partial charge in [-0.2, -0.15) is 0 Å². The molecule has 0 aromatic rings. The van der Waals surface area contributed by atoms with E-state index in [1.807, 2.05) is 0 Å². The van der Waals surface area contributed by atoms with Crippen molar-refractivity contribution in [2.45, 2.75) is 20.8 Å². The molecule has 0 aliphatic heterocycles. The van der Waals surface area contributed by atoms with Crippen LogP contribution in [0.4, 0.5) is 0 Å². The Bertz CT molecular complexity index is 120. The Hall–Kier alpha value is 3.27. The Labute approximate surface area is 112 Å². The van der Waals surface area contributed by atoms with Crippen molar-refractivity contribution in [2.24, 2.45) is 5.41 Å². The van der Waals surface area contributed by atoms with Gasteiger partial charge in [0.2, 0.25) is 0 Å². The third-order valence-corrected chi connectivity index (χ3v) is 6.23. The van der Waals surface area contributed by atoms with Crippen LogP contribution in [0.1, 0.15) is 20.8 Å². The van der Waals surface area contributed by atoms with Gasteiger partial charge in [0, 0.05) is 0 Å². The van der Waals surface area contributed by atoms with Crippen molar-refractivity contribution >= 4 is 82.7 Å². The van der Waals surface area contributed by atoms with Crippen LogP contribution in [0.15, 0.2) is 0 Å². The molecule has 0 rings (SSSR count). The van der Waals surface area contributed by atoms with Gasteiger partial charge in [-0.3, -0.25) is 0 Å². The topological polar surface area (TPSA) is 0 Å². The molecule has 0 fully saturated rings. The molecule has 0 unspecified atom stereocenters. The van der Waals surface area contributed by atoms with Crippen molar-refractivity contribution in [2.75, 3.05) is 5.75 Å². The summed E-state index contributed by atoms with van der Waals surface area (Å²) in [5.41, 5.74) is 0.475. The highest BCUT2D eigenvalue weighted by molar-refractivity contribution is 14.6. The molecule has 0 nitrogen and oxygen atoms in total. The smallest absolute Gasteiger partial charge is 0.00196 e. The molecule has 66 valence electrons. The Morgan fingerprint density at radius 3 is 1.30 bits per heavy atom. The van der Waals surface area contributed by atoms with E-state index in [4.69, 9.17) is 0 Å². The molecule has 10 heavy (non-hydrogen) atoms. The van der Waals surface area contributed by atoms with Crippen molar-refractivity contribution in [3.05, 3.63) is 0 Å². The van der Waals surface area contributed by atoms with E-state index in [0.29, 0.717) is 5.41 Å². The van der Waals surface area contributed by atoms with E-state index >= 15 is 0 Å². The highest BCUT2D eigenvalue weighted by Crippen LogP contribution is 2.96. The van der Waals surface area contributed by atoms with Crippen molar-refractivity contribution in [3.63, 3.8) is 0 Å².